The highest BCUT2D eigenvalue weighted by atomic mass is 19.2. The van der Waals surface area contributed by atoms with Crippen LogP contribution in [0.15, 0.2) is 24.4 Å². The van der Waals surface area contributed by atoms with E-state index in [1.54, 1.807) is 31.3 Å². The lowest BCUT2D eigenvalue weighted by Gasteiger charge is -2.24. The van der Waals surface area contributed by atoms with Gasteiger partial charge in [0.15, 0.2) is 0 Å². The quantitative estimate of drug-likeness (QED) is 0.818. The SMILES string of the molecule is Cc1ncc2ccc(C(=O)N(F)CC3CCCOC3)cc2n1. The molecule has 1 aliphatic rings. The van der Waals surface area contributed by atoms with Crippen molar-refractivity contribution in [2.24, 2.45) is 5.92 Å². The Morgan fingerprint density at radius 1 is 1.50 bits per heavy atom. The number of nitrogens with zero attached hydrogens (tertiary/aromatic N) is 3. The van der Waals surface area contributed by atoms with Crippen LogP contribution in [0.4, 0.5) is 4.48 Å². The fourth-order valence-corrected chi connectivity index (χ4v) is 2.65. The molecule has 3 rings (SSSR count). The standard InChI is InChI=1S/C16H18FN3O2/c1-11-18-8-14-5-4-13(7-15(14)19-11)16(21)20(17)9-12-3-2-6-22-10-12/h4-5,7-8,12H,2-3,6,9-10H2,1H3. The first kappa shape index (κ1) is 14.8. The molecule has 1 saturated heterocycles. The molecule has 0 radical (unpaired) electrons. The van der Waals surface area contributed by atoms with Gasteiger partial charge in [-0.3, -0.25) is 4.79 Å². The summed E-state index contributed by atoms with van der Waals surface area (Å²) in [5.41, 5.74) is 0.942. The van der Waals surface area contributed by atoms with Gasteiger partial charge < -0.3 is 4.74 Å². The minimum atomic E-state index is -0.635. The highest BCUT2D eigenvalue weighted by molar-refractivity contribution is 5.97. The van der Waals surface area contributed by atoms with E-state index >= 15 is 0 Å². The number of fused-ring (bicyclic) bond motifs is 1. The normalized spacial score (nSPS) is 18.4. The van der Waals surface area contributed by atoms with Gasteiger partial charge in [-0.2, -0.15) is 5.12 Å². The van der Waals surface area contributed by atoms with E-state index in [4.69, 9.17) is 4.74 Å². The Bertz CT molecular complexity index is 686. The molecule has 1 atom stereocenters. The molecule has 1 unspecified atom stereocenters. The van der Waals surface area contributed by atoms with Gasteiger partial charge in [-0.1, -0.05) is 10.5 Å². The molecule has 116 valence electrons. The number of aromatic nitrogens is 2. The van der Waals surface area contributed by atoms with Crippen LogP contribution < -0.4 is 0 Å². The van der Waals surface area contributed by atoms with Gasteiger partial charge in [-0.15, -0.1) is 0 Å². The van der Waals surface area contributed by atoms with Crippen molar-refractivity contribution < 1.29 is 14.0 Å². The van der Waals surface area contributed by atoms with E-state index in [1.807, 2.05) is 0 Å². The van der Waals surface area contributed by atoms with Gasteiger partial charge in [-0.05, 0) is 31.9 Å². The zero-order chi connectivity index (χ0) is 15.5. The van der Waals surface area contributed by atoms with E-state index in [-0.39, 0.29) is 17.6 Å². The molecule has 0 saturated carbocycles. The average Bonchev–Trinajstić information content (AvgIpc) is 2.54. The molecule has 1 fully saturated rings. The number of halogens is 1. The van der Waals surface area contributed by atoms with Gasteiger partial charge in [-0.25, -0.2) is 9.97 Å². The van der Waals surface area contributed by atoms with Crippen LogP contribution in [0.1, 0.15) is 29.0 Å². The van der Waals surface area contributed by atoms with Crippen molar-refractivity contribution in [2.75, 3.05) is 19.8 Å². The maximum atomic E-state index is 14.1. The summed E-state index contributed by atoms with van der Waals surface area (Å²) in [6.45, 7) is 3.08. The fraction of sp³-hybridized carbons (Fsp3) is 0.438. The summed E-state index contributed by atoms with van der Waals surface area (Å²) in [7, 11) is 0. The first-order chi connectivity index (χ1) is 10.6. The van der Waals surface area contributed by atoms with Gasteiger partial charge in [0.05, 0.1) is 18.7 Å². The van der Waals surface area contributed by atoms with Crippen LogP contribution in [-0.2, 0) is 4.74 Å². The smallest absolute Gasteiger partial charge is 0.281 e. The molecule has 0 N–H and O–H groups in total. The van der Waals surface area contributed by atoms with E-state index in [0.29, 0.717) is 23.5 Å². The van der Waals surface area contributed by atoms with Crippen LogP contribution in [0, 0.1) is 12.8 Å². The molecule has 0 bridgehead atoms. The minimum Gasteiger partial charge on any atom is -0.381 e. The second-order valence-corrected chi connectivity index (χ2v) is 5.62. The number of benzene rings is 1. The highest BCUT2D eigenvalue weighted by Crippen LogP contribution is 2.19. The molecular weight excluding hydrogens is 285 g/mol. The lowest BCUT2D eigenvalue weighted by atomic mass is 10.0. The maximum Gasteiger partial charge on any atom is 0.281 e. The van der Waals surface area contributed by atoms with Crippen molar-refractivity contribution in [3.63, 3.8) is 0 Å². The molecule has 1 amide bonds. The Balaban J connectivity index is 1.75. The molecule has 6 heteroatoms. The summed E-state index contributed by atoms with van der Waals surface area (Å²) in [5.74, 6) is 0.0463. The van der Waals surface area contributed by atoms with Crippen molar-refractivity contribution in [3.05, 3.63) is 35.8 Å². The first-order valence-electron chi connectivity index (χ1n) is 7.42. The number of amides is 1. The van der Waals surface area contributed by atoms with E-state index in [1.165, 1.54) is 0 Å². The number of aryl methyl sites for hydroxylation is 1. The molecule has 1 aliphatic heterocycles. The molecule has 0 aliphatic carbocycles. The molecule has 5 nitrogen and oxygen atoms in total. The lowest BCUT2D eigenvalue weighted by Crippen LogP contribution is -2.32. The van der Waals surface area contributed by atoms with Crippen molar-refractivity contribution in [2.45, 2.75) is 19.8 Å². The van der Waals surface area contributed by atoms with Gasteiger partial charge in [0.1, 0.15) is 5.82 Å². The molecule has 0 spiro atoms. The molecule has 1 aromatic heterocycles. The van der Waals surface area contributed by atoms with Crippen LogP contribution in [0.25, 0.3) is 10.9 Å². The lowest BCUT2D eigenvalue weighted by molar-refractivity contribution is -0.0152. The third kappa shape index (κ3) is 3.22. The second kappa shape index (κ2) is 6.36. The summed E-state index contributed by atoms with van der Waals surface area (Å²) in [5, 5.41) is 1.11. The molecule has 2 aromatic rings. The van der Waals surface area contributed by atoms with Gasteiger partial charge >= 0.3 is 0 Å². The monoisotopic (exact) mass is 303 g/mol. The van der Waals surface area contributed by atoms with Crippen LogP contribution in [0.3, 0.4) is 0 Å². The Morgan fingerprint density at radius 2 is 2.36 bits per heavy atom. The van der Waals surface area contributed by atoms with E-state index in [2.05, 4.69) is 9.97 Å². The van der Waals surface area contributed by atoms with Crippen LogP contribution in [-0.4, -0.2) is 40.8 Å². The Kier molecular flexibility index (Phi) is 4.29. The van der Waals surface area contributed by atoms with Crippen molar-refractivity contribution in [1.82, 2.24) is 15.1 Å². The zero-order valence-electron chi connectivity index (χ0n) is 12.5. The van der Waals surface area contributed by atoms with E-state index < -0.39 is 5.91 Å². The number of hydrogen-bond donors (Lipinski definition) is 0. The molecular formula is C16H18FN3O2. The summed E-state index contributed by atoms with van der Waals surface area (Å²) in [4.78, 5) is 20.6. The topological polar surface area (TPSA) is 55.3 Å². The van der Waals surface area contributed by atoms with Crippen LogP contribution >= 0.6 is 0 Å². The first-order valence-corrected chi connectivity index (χ1v) is 7.42. The van der Waals surface area contributed by atoms with Crippen molar-refractivity contribution in [1.29, 1.82) is 0 Å². The summed E-state index contributed by atoms with van der Waals surface area (Å²) >= 11 is 0. The predicted molar refractivity (Wildman–Crippen MR) is 80.0 cm³/mol. The summed E-state index contributed by atoms with van der Waals surface area (Å²) in [6, 6.07) is 4.95. The minimum absolute atomic E-state index is 0.0627. The predicted octanol–water partition coefficient (Wildman–Crippen LogP) is 2.69. The Morgan fingerprint density at radius 3 is 3.14 bits per heavy atom. The van der Waals surface area contributed by atoms with Crippen LogP contribution in [0.2, 0.25) is 0 Å². The largest absolute Gasteiger partial charge is 0.381 e. The van der Waals surface area contributed by atoms with E-state index in [0.717, 1.165) is 24.8 Å². The Labute approximate surface area is 128 Å². The van der Waals surface area contributed by atoms with Gasteiger partial charge in [0.25, 0.3) is 5.91 Å². The van der Waals surface area contributed by atoms with Gasteiger partial charge in [0.2, 0.25) is 0 Å². The number of carbonyl (C=O) groups is 1. The average molecular weight is 303 g/mol. The number of carbonyl (C=O) groups excluding carboxylic acids is 1. The molecule has 2 heterocycles. The number of hydrogen-bond acceptors (Lipinski definition) is 4. The Hall–Kier alpha value is -2.08. The van der Waals surface area contributed by atoms with Crippen LogP contribution in [0.5, 0.6) is 0 Å². The zero-order valence-corrected chi connectivity index (χ0v) is 12.5. The number of ether oxygens (including phenoxy) is 1. The van der Waals surface area contributed by atoms with Gasteiger partial charge in [0, 0.05) is 29.7 Å². The number of rotatable bonds is 3. The maximum absolute atomic E-state index is 14.1. The summed E-state index contributed by atoms with van der Waals surface area (Å²) < 4.78 is 19.5. The van der Waals surface area contributed by atoms with Crippen molar-refractivity contribution >= 4 is 16.8 Å². The third-order valence-corrected chi connectivity index (χ3v) is 3.84. The third-order valence-electron chi connectivity index (χ3n) is 3.84. The molecule has 22 heavy (non-hydrogen) atoms. The fourth-order valence-electron chi connectivity index (χ4n) is 2.65. The van der Waals surface area contributed by atoms with Crippen molar-refractivity contribution in [3.8, 4) is 0 Å². The molecule has 1 aromatic carbocycles. The highest BCUT2D eigenvalue weighted by Gasteiger charge is 2.22. The summed E-state index contributed by atoms with van der Waals surface area (Å²) in [6.07, 6.45) is 3.50. The second-order valence-electron chi connectivity index (χ2n) is 5.62. The van der Waals surface area contributed by atoms with E-state index in [9.17, 15) is 9.28 Å².